The van der Waals surface area contributed by atoms with E-state index in [9.17, 15) is 19.5 Å². The van der Waals surface area contributed by atoms with Gasteiger partial charge in [0.15, 0.2) is 0 Å². The quantitative estimate of drug-likeness (QED) is 0.586. The first kappa shape index (κ1) is 22.0. The van der Waals surface area contributed by atoms with E-state index in [1.807, 2.05) is 0 Å². The van der Waals surface area contributed by atoms with Crippen LogP contribution in [0.2, 0.25) is 0 Å². The molecule has 31 heavy (non-hydrogen) atoms. The third kappa shape index (κ3) is 4.59. The Hall–Kier alpha value is -3.65. The summed E-state index contributed by atoms with van der Waals surface area (Å²) in [5.74, 6) is -1.57. The van der Waals surface area contributed by atoms with Crippen molar-refractivity contribution in [3.05, 3.63) is 83.1 Å². The number of aliphatic hydroxyl groups is 1. The van der Waals surface area contributed by atoms with Crippen molar-refractivity contribution in [1.82, 2.24) is 10.6 Å². The van der Waals surface area contributed by atoms with Crippen molar-refractivity contribution >= 4 is 18.0 Å². The lowest BCUT2D eigenvalue weighted by atomic mass is 9.86. The van der Waals surface area contributed by atoms with E-state index in [0.29, 0.717) is 11.1 Å². The Morgan fingerprint density at radius 1 is 1.00 bits per heavy atom. The molecule has 2 amide bonds. The van der Waals surface area contributed by atoms with Crippen molar-refractivity contribution in [3.8, 4) is 0 Å². The summed E-state index contributed by atoms with van der Waals surface area (Å²) >= 11 is 0. The number of urea groups is 1. The van der Waals surface area contributed by atoms with Crippen LogP contribution in [0.25, 0.3) is 0 Å². The number of hydrogen-bond acceptors (Lipinski definition) is 6. The highest BCUT2D eigenvalue weighted by atomic mass is 16.6. The van der Waals surface area contributed by atoms with Crippen molar-refractivity contribution in [3.63, 3.8) is 0 Å². The van der Waals surface area contributed by atoms with E-state index >= 15 is 0 Å². The van der Waals surface area contributed by atoms with Gasteiger partial charge in [-0.25, -0.2) is 14.4 Å². The Bertz CT molecular complexity index is 948. The summed E-state index contributed by atoms with van der Waals surface area (Å²) in [6.07, 6.45) is 0. The van der Waals surface area contributed by atoms with E-state index in [0.717, 1.165) is 0 Å². The van der Waals surface area contributed by atoms with E-state index in [4.69, 9.17) is 9.47 Å². The zero-order chi connectivity index (χ0) is 22.4. The van der Waals surface area contributed by atoms with E-state index < -0.39 is 36.2 Å². The smallest absolute Gasteiger partial charge is 0.348 e. The monoisotopic (exact) mass is 424 g/mol. The van der Waals surface area contributed by atoms with Gasteiger partial charge in [-0.1, -0.05) is 60.7 Å². The van der Waals surface area contributed by atoms with Crippen molar-refractivity contribution in [2.24, 2.45) is 0 Å². The lowest BCUT2D eigenvalue weighted by molar-refractivity contribution is -0.161. The normalized spacial score (nSPS) is 16.2. The van der Waals surface area contributed by atoms with Crippen LogP contribution in [-0.2, 0) is 24.7 Å². The molecule has 8 heteroatoms. The van der Waals surface area contributed by atoms with Gasteiger partial charge < -0.3 is 25.2 Å². The largest absolute Gasteiger partial charge is 0.463 e. The van der Waals surface area contributed by atoms with E-state index in [-0.39, 0.29) is 17.9 Å². The molecule has 0 aliphatic carbocycles. The second-order valence-electron chi connectivity index (χ2n) is 6.95. The Labute approximate surface area is 179 Å². The summed E-state index contributed by atoms with van der Waals surface area (Å²) in [7, 11) is 0. The number of carbonyl (C=O) groups excluding carboxylic acids is 3. The predicted molar refractivity (Wildman–Crippen MR) is 112 cm³/mol. The van der Waals surface area contributed by atoms with Crippen LogP contribution >= 0.6 is 0 Å². The maximum atomic E-state index is 13.1. The zero-order valence-corrected chi connectivity index (χ0v) is 17.3. The Kier molecular flexibility index (Phi) is 6.71. The summed E-state index contributed by atoms with van der Waals surface area (Å²) in [6.45, 7) is 3.01. The SMILES string of the molecule is CCOC(=O)C1=C(COC(=O)C(O)(c2ccccc2)c2ccccc2)NC(=O)N[C@H]1C. The molecule has 0 unspecified atom stereocenters. The molecule has 0 aromatic heterocycles. The van der Waals surface area contributed by atoms with Gasteiger partial charge in [0, 0.05) is 0 Å². The number of hydrogen-bond donors (Lipinski definition) is 3. The molecule has 1 atom stereocenters. The fourth-order valence-corrected chi connectivity index (χ4v) is 3.40. The fourth-order valence-electron chi connectivity index (χ4n) is 3.40. The molecule has 0 spiro atoms. The molecule has 0 fully saturated rings. The molecule has 2 aromatic rings. The van der Waals surface area contributed by atoms with Crippen LogP contribution in [0.4, 0.5) is 4.79 Å². The molecular weight excluding hydrogens is 400 g/mol. The number of ether oxygens (including phenoxy) is 2. The first-order valence-corrected chi connectivity index (χ1v) is 9.86. The highest BCUT2D eigenvalue weighted by Crippen LogP contribution is 2.31. The molecule has 0 saturated carbocycles. The van der Waals surface area contributed by atoms with Gasteiger partial charge in [0.1, 0.15) is 6.61 Å². The van der Waals surface area contributed by atoms with Gasteiger partial charge in [0.2, 0.25) is 5.60 Å². The number of benzene rings is 2. The maximum Gasteiger partial charge on any atom is 0.348 e. The van der Waals surface area contributed by atoms with Crippen LogP contribution in [0.1, 0.15) is 25.0 Å². The van der Waals surface area contributed by atoms with Gasteiger partial charge in [0.05, 0.1) is 23.9 Å². The predicted octanol–water partition coefficient (Wildman–Crippen LogP) is 1.98. The standard InChI is InChI=1S/C23H24N2O6/c1-3-30-20(26)19-15(2)24-22(28)25-18(19)14-31-21(27)23(29,16-10-6-4-7-11-16)17-12-8-5-9-13-17/h4-13,15,29H,3,14H2,1-2H3,(H2,24,25,28)/t15-/m0/s1. The number of amides is 2. The summed E-state index contributed by atoms with van der Waals surface area (Å²) in [5.41, 5.74) is -1.17. The molecule has 8 nitrogen and oxygen atoms in total. The summed E-state index contributed by atoms with van der Waals surface area (Å²) < 4.78 is 10.5. The van der Waals surface area contributed by atoms with Crippen LogP contribution in [0.3, 0.4) is 0 Å². The van der Waals surface area contributed by atoms with Crippen LogP contribution in [-0.4, -0.2) is 42.3 Å². The lowest BCUT2D eigenvalue weighted by Gasteiger charge is -2.29. The van der Waals surface area contributed by atoms with Crippen molar-refractivity contribution in [1.29, 1.82) is 0 Å². The third-order valence-corrected chi connectivity index (χ3v) is 4.89. The molecule has 3 N–H and O–H groups in total. The number of rotatable bonds is 7. The zero-order valence-electron chi connectivity index (χ0n) is 17.3. The topological polar surface area (TPSA) is 114 Å². The summed E-state index contributed by atoms with van der Waals surface area (Å²) in [4.78, 5) is 37.4. The molecule has 0 radical (unpaired) electrons. The fraction of sp³-hybridized carbons (Fsp3) is 0.261. The average Bonchev–Trinajstić information content (AvgIpc) is 2.77. The Morgan fingerprint density at radius 2 is 1.55 bits per heavy atom. The molecule has 0 saturated heterocycles. The molecule has 2 aromatic carbocycles. The molecule has 1 aliphatic rings. The van der Waals surface area contributed by atoms with Crippen LogP contribution < -0.4 is 10.6 Å². The molecule has 1 heterocycles. The van der Waals surface area contributed by atoms with Crippen LogP contribution in [0.15, 0.2) is 71.9 Å². The Balaban J connectivity index is 1.92. The number of esters is 2. The van der Waals surface area contributed by atoms with E-state index in [1.165, 1.54) is 0 Å². The van der Waals surface area contributed by atoms with Crippen molar-refractivity contribution < 1.29 is 29.0 Å². The van der Waals surface area contributed by atoms with Crippen molar-refractivity contribution in [2.45, 2.75) is 25.5 Å². The summed E-state index contributed by atoms with van der Waals surface area (Å²) in [5, 5.41) is 16.5. The first-order valence-electron chi connectivity index (χ1n) is 9.86. The molecule has 0 bridgehead atoms. The molecule has 1 aliphatic heterocycles. The van der Waals surface area contributed by atoms with Gasteiger partial charge in [-0.3, -0.25) is 0 Å². The van der Waals surface area contributed by atoms with E-state index in [2.05, 4.69) is 10.6 Å². The maximum absolute atomic E-state index is 13.1. The average molecular weight is 424 g/mol. The molecule has 3 rings (SSSR count). The Morgan fingerprint density at radius 3 is 2.06 bits per heavy atom. The second kappa shape index (κ2) is 9.44. The minimum atomic E-state index is -2.07. The minimum absolute atomic E-state index is 0.103. The highest BCUT2D eigenvalue weighted by Gasteiger charge is 2.42. The van der Waals surface area contributed by atoms with Crippen molar-refractivity contribution in [2.75, 3.05) is 13.2 Å². The second-order valence-corrected chi connectivity index (χ2v) is 6.95. The van der Waals surface area contributed by atoms with Crippen LogP contribution in [0, 0.1) is 0 Å². The van der Waals surface area contributed by atoms with Gasteiger partial charge >= 0.3 is 18.0 Å². The van der Waals surface area contributed by atoms with Gasteiger partial charge in [-0.05, 0) is 25.0 Å². The lowest BCUT2D eigenvalue weighted by Crippen LogP contribution is -2.50. The highest BCUT2D eigenvalue weighted by molar-refractivity contribution is 5.95. The van der Waals surface area contributed by atoms with Gasteiger partial charge in [-0.2, -0.15) is 0 Å². The first-order chi connectivity index (χ1) is 14.9. The summed E-state index contributed by atoms with van der Waals surface area (Å²) in [6, 6.07) is 15.6. The van der Waals surface area contributed by atoms with E-state index in [1.54, 1.807) is 74.5 Å². The number of nitrogens with one attached hydrogen (secondary N) is 2. The van der Waals surface area contributed by atoms with Gasteiger partial charge in [0.25, 0.3) is 0 Å². The molecular formula is C23H24N2O6. The van der Waals surface area contributed by atoms with Crippen LogP contribution in [0.5, 0.6) is 0 Å². The number of carbonyl (C=O) groups is 3. The van der Waals surface area contributed by atoms with Gasteiger partial charge in [-0.15, -0.1) is 0 Å². The third-order valence-electron chi connectivity index (χ3n) is 4.89. The molecule has 162 valence electrons. The minimum Gasteiger partial charge on any atom is -0.463 e.